The smallest absolute Gasteiger partial charge is 0.340 e. The molecule has 12 aromatic rings. The zero-order valence-corrected chi connectivity index (χ0v) is 75.2. The molecule has 0 aromatic heterocycles. The Morgan fingerprint density at radius 1 is 0.372 bits per heavy atom. The minimum absolute atomic E-state index is 0. The van der Waals surface area contributed by atoms with E-state index in [4.69, 9.17) is 98.2 Å². The van der Waals surface area contributed by atoms with Crippen LogP contribution in [0, 0.1) is 20.8 Å². The van der Waals surface area contributed by atoms with Crippen LogP contribution in [-0.2, 0) is 77.3 Å². The lowest BCUT2D eigenvalue weighted by Crippen LogP contribution is -2.62. The lowest BCUT2D eigenvalue weighted by molar-refractivity contribution is -0.353. The molecule has 0 amide bonds. The number of carbonyl (C=O) groups is 5. The van der Waals surface area contributed by atoms with Crippen LogP contribution in [0.2, 0.25) is 0 Å². The molecule has 3 aliphatic rings. The molecule has 12 aromatic carbocycles. The number of benzene rings is 12. The summed E-state index contributed by atoms with van der Waals surface area (Å²) >= 11 is 5.65. The van der Waals surface area contributed by atoms with E-state index in [9.17, 15) is 69.9 Å². The quantitative estimate of drug-likeness (QED) is 0.0129. The van der Waals surface area contributed by atoms with Gasteiger partial charge in [-0.15, -0.1) is 0 Å². The lowest BCUT2D eigenvalue weighted by atomic mass is 9.98. The van der Waals surface area contributed by atoms with Crippen LogP contribution in [0.5, 0.6) is 69.0 Å². The summed E-state index contributed by atoms with van der Waals surface area (Å²) in [6, 6.07) is 80.8. The maximum absolute atomic E-state index is 13.4. The highest BCUT2D eigenvalue weighted by atomic mass is 36.0. The average Bonchev–Trinajstić information content (AvgIpc) is 0.768. The molecule has 3 heterocycles. The van der Waals surface area contributed by atoms with Gasteiger partial charge in [0, 0.05) is 32.5 Å². The van der Waals surface area contributed by atoms with Crippen molar-refractivity contribution >= 4 is 71.3 Å². The van der Waals surface area contributed by atoms with Crippen LogP contribution in [-0.4, -0.2) is 179 Å². The predicted molar refractivity (Wildman–Crippen MR) is 504 cm³/mol. The number of aliphatic hydroxyl groups excluding tert-OH is 6. The molecule has 3 fully saturated rings. The molecule has 137 heavy (non-hydrogen) atoms. The van der Waals surface area contributed by atoms with Crippen molar-refractivity contribution in [2.75, 3.05) is 13.2 Å². The van der Waals surface area contributed by atoms with Gasteiger partial charge < -0.3 is 128 Å². The number of fused-ring (bicyclic) bond motifs is 1. The van der Waals surface area contributed by atoms with Gasteiger partial charge in [-0.1, -0.05) is 227 Å². The fraction of sp³-hybridized carbons (Fsp3) is 0.238. The SMILES string of the molecule is C.C.Cc1cc(C(=O)Cl)cc(OCc2ccccc2)c1OCc1ccccc1.Cc1cc(C(=O)O)cc(OCc2ccccc2)c1OCc1ccccc1.Cc1cc(C(=O)O[C@@H]2O[C@@H]3COC(c4ccccc4)O[C@H]3[C@H](O)[C@H]2O)cc(OCc2ccccc2)c1OCc1ccccc1.O=C(O)c1cc(O)c(O)c(O)c1.O=C(O[C@@H]1O[C@H](CO)[C@@H](O)[C@H](O)[C@H]1O)c1cc(O)c(O)c(O)c1.O=S(Cl)Cl. The molecule has 726 valence electrons. The highest BCUT2D eigenvalue weighted by Crippen LogP contribution is 2.42. The summed E-state index contributed by atoms with van der Waals surface area (Å²) in [5, 5.41) is 131. The van der Waals surface area contributed by atoms with Crippen molar-refractivity contribution in [2.24, 2.45) is 0 Å². The van der Waals surface area contributed by atoms with Gasteiger partial charge in [-0.25, -0.2) is 23.4 Å². The van der Waals surface area contributed by atoms with Crippen molar-refractivity contribution in [1.29, 1.82) is 0 Å². The third-order valence-corrected chi connectivity index (χ3v) is 20.4. The van der Waals surface area contributed by atoms with Gasteiger partial charge in [-0.05, 0) is 143 Å². The Morgan fingerprint density at radius 2 is 0.657 bits per heavy atom. The van der Waals surface area contributed by atoms with Crippen molar-refractivity contribution in [3.63, 3.8) is 0 Å². The Hall–Kier alpha value is -13.6. The fourth-order valence-electron chi connectivity index (χ4n) is 13.3. The predicted octanol–water partition coefficient (Wildman–Crippen LogP) is 15.8. The average molecular weight is 1970 g/mol. The van der Waals surface area contributed by atoms with Crippen LogP contribution < -0.4 is 28.4 Å². The van der Waals surface area contributed by atoms with Crippen molar-refractivity contribution in [3.8, 4) is 69.0 Å². The number of rotatable bonds is 27. The monoisotopic (exact) mass is 1960 g/mol. The summed E-state index contributed by atoms with van der Waals surface area (Å²) in [5.74, 6) is -5.63. The first-order valence-corrected chi connectivity index (χ1v) is 44.3. The molecule has 32 nitrogen and oxygen atoms in total. The number of hydrogen-bond acceptors (Lipinski definition) is 30. The second-order valence-corrected chi connectivity index (χ2v) is 32.9. The second kappa shape index (κ2) is 53.6. The first-order chi connectivity index (χ1) is 64.7. The highest BCUT2D eigenvalue weighted by Gasteiger charge is 2.51. The Balaban J connectivity index is 0.000000218. The third-order valence-electron chi connectivity index (χ3n) is 20.1. The van der Waals surface area contributed by atoms with E-state index in [1.54, 1.807) is 30.3 Å². The molecule has 11 atom stereocenters. The fourth-order valence-corrected chi connectivity index (χ4v) is 13.4. The van der Waals surface area contributed by atoms with Crippen LogP contribution in [0.25, 0.3) is 0 Å². The van der Waals surface area contributed by atoms with Gasteiger partial charge in [0.15, 0.2) is 75.3 Å². The number of carboxylic acids is 2. The minimum Gasteiger partial charge on any atom is -0.504 e. The first kappa shape index (κ1) is 109. The minimum atomic E-state index is -1.78. The van der Waals surface area contributed by atoms with Crippen molar-refractivity contribution in [2.45, 2.75) is 143 Å². The van der Waals surface area contributed by atoms with Gasteiger partial charge in [0.05, 0.1) is 35.5 Å². The number of ether oxygens (including phenoxy) is 12. The largest absolute Gasteiger partial charge is 0.504 e. The molecule has 0 bridgehead atoms. The van der Waals surface area contributed by atoms with Gasteiger partial charge in [0.1, 0.15) is 88.5 Å². The van der Waals surface area contributed by atoms with Crippen LogP contribution >= 0.6 is 33.0 Å². The summed E-state index contributed by atoms with van der Waals surface area (Å²) in [5.41, 5.74) is 9.08. The highest BCUT2D eigenvalue weighted by molar-refractivity contribution is 8.26. The van der Waals surface area contributed by atoms with E-state index in [0.717, 1.165) is 74.3 Å². The molecular weight excluding hydrogens is 1860 g/mol. The molecule has 1 unspecified atom stereocenters. The van der Waals surface area contributed by atoms with E-state index in [0.29, 0.717) is 78.7 Å². The molecular formula is C101H103Cl3O32S. The van der Waals surface area contributed by atoms with E-state index >= 15 is 0 Å². The number of halogens is 3. The van der Waals surface area contributed by atoms with E-state index in [1.807, 2.05) is 233 Å². The number of aryl methyl sites for hydroxylation is 3. The standard InChI is InChI=1S/C35H34O9.C22H19ClO3.C22H20O4.C13H16O10.C7H6O5.2CH4.Cl2OS/c1-22-17-26(18-27(39-19-23-11-5-2-6-12-23)31(22)40-20-24-13-7-3-8-14-24)33(38)44-35-30(37)29(36)32-28(42-35)21-41-34(43-32)25-15-9-4-10-16-25;2*1-16-12-19(22(23)24)13-20(25-14-17-8-4-2-5-9-17)21(16)26-15-18-10-6-3-7-11-18;14-3-7-9(18)10(19)11(20)13(22-7)23-12(21)4-1-5(15)8(17)6(16)2-4;8-4-1-3(7(11)12)2-5(9)6(4)10;;;1-4(2)3/h2-18,28-30,32,34-37H,19-21H2,1H3;2-13H,14-15H2,1H3;2-13H,14-15H2,1H3,(H,23,24);1-2,7,9-11,13-20H,3H2;1-2,8-10H,(H,11,12);2*1H4;/t28-,29-,30-,32-,34?,35+;;;7-,9-,10+,11-,13+;;;;/m1..1..../s1. The number of aromatic hydroxyl groups is 6. The van der Waals surface area contributed by atoms with E-state index < -0.39 is 147 Å². The van der Waals surface area contributed by atoms with Gasteiger partial charge >= 0.3 is 23.9 Å². The molecule has 3 aliphatic heterocycles. The maximum atomic E-state index is 13.4. The summed E-state index contributed by atoms with van der Waals surface area (Å²) in [7, 11) is 7.36. The Labute approximate surface area is 804 Å². The summed E-state index contributed by atoms with van der Waals surface area (Å²) < 4.78 is 78.1. The normalized spacial score (nSPS) is 18.1. The number of phenolic OH excluding ortho intramolecular Hbond substituents is 6. The molecule has 14 N–H and O–H groups in total. The van der Waals surface area contributed by atoms with E-state index in [-0.39, 0.29) is 50.3 Å². The number of hydrogen-bond donors (Lipinski definition) is 14. The van der Waals surface area contributed by atoms with Gasteiger partial charge in [-0.3, -0.25) is 4.79 Å². The van der Waals surface area contributed by atoms with Crippen LogP contribution in [0.3, 0.4) is 0 Å². The number of esters is 2. The summed E-state index contributed by atoms with van der Waals surface area (Å²) in [6.45, 7) is 6.97. The zero-order valence-electron chi connectivity index (χ0n) is 72.1. The van der Waals surface area contributed by atoms with Gasteiger partial charge in [0.2, 0.25) is 21.8 Å². The number of aliphatic hydroxyl groups is 6. The van der Waals surface area contributed by atoms with Gasteiger partial charge in [0.25, 0.3) is 5.24 Å². The molecule has 3 saturated heterocycles. The number of phenols is 6. The van der Waals surface area contributed by atoms with Crippen molar-refractivity contribution in [1.82, 2.24) is 0 Å². The number of aromatic carboxylic acids is 2. The van der Waals surface area contributed by atoms with Crippen LogP contribution in [0.1, 0.15) is 129 Å². The third kappa shape index (κ3) is 32.0. The zero-order chi connectivity index (χ0) is 97.4. The van der Waals surface area contributed by atoms with Crippen LogP contribution in [0.4, 0.5) is 0 Å². The van der Waals surface area contributed by atoms with E-state index in [1.165, 1.54) is 6.07 Å². The Kier molecular flexibility index (Phi) is 42.6. The second-order valence-electron chi connectivity index (χ2n) is 30.0. The number of carboxylic acid groups (broad SMARTS) is 2. The maximum Gasteiger partial charge on any atom is 0.340 e. The number of carbonyl (C=O) groups excluding carboxylic acids is 3. The molecule has 0 aliphatic carbocycles. The topological polar surface area (TPSA) is 496 Å². The first-order valence-electron chi connectivity index (χ1n) is 41.1. The lowest BCUT2D eigenvalue weighted by Gasteiger charge is -2.45. The summed E-state index contributed by atoms with van der Waals surface area (Å²) in [6.07, 6.45) is -14.8. The molecule has 0 saturated carbocycles. The Morgan fingerprint density at radius 3 is 1.00 bits per heavy atom. The van der Waals surface area contributed by atoms with Crippen LogP contribution in [0.15, 0.2) is 273 Å². The Bertz CT molecular complexity index is 5700. The molecule has 36 heteroatoms. The molecule has 0 spiro atoms. The van der Waals surface area contributed by atoms with E-state index in [2.05, 4.69) is 21.4 Å². The van der Waals surface area contributed by atoms with Gasteiger partial charge in [-0.2, -0.15) is 0 Å². The summed E-state index contributed by atoms with van der Waals surface area (Å²) in [4.78, 5) is 58.6. The van der Waals surface area contributed by atoms with Crippen molar-refractivity contribution < 1.29 is 157 Å². The molecule has 15 rings (SSSR count). The van der Waals surface area contributed by atoms with Crippen molar-refractivity contribution in [3.05, 3.63) is 356 Å². The molecule has 0 radical (unpaired) electrons.